The molecular formula is C18H25N5O3S. The minimum absolute atomic E-state index is 0.227. The predicted molar refractivity (Wildman–Crippen MR) is 107 cm³/mol. The zero-order valence-electron chi connectivity index (χ0n) is 15.9. The van der Waals surface area contributed by atoms with Crippen molar-refractivity contribution in [1.82, 2.24) is 20.5 Å². The van der Waals surface area contributed by atoms with E-state index in [1.54, 1.807) is 19.4 Å². The van der Waals surface area contributed by atoms with Crippen LogP contribution < -0.4 is 20.7 Å². The number of likely N-dealkylation sites (N-methyl/N-ethyl adjacent to an activating group) is 1. The molecule has 1 atom stereocenters. The lowest BCUT2D eigenvalue weighted by atomic mass is 10.3. The maximum Gasteiger partial charge on any atom is 0.271 e. The minimum Gasteiger partial charge on any atom is -0.497 e. The average Bonchev–Trinajstić information content (AvgIpc) is 3.10. The number of methoxy groups -OCH3 is 1. The minimum atomic E-state index is -0.642. The summed E-state index contributed by atoms with van der Waals surface area (Å²) in [7, 11) is 5.45. The van der Waals surface area contributed by atoms with Crippen LogP contribution >= 0.6 is 11.3 Å². The van der Waals surface area contributed by atoms with Gasteiger partial charge < -0.3 is 25.6 Å². The summed E-state index contributed by atoms with van der Waals surface area (Å²) in [5, 5.41) is 10.8. The summed E-state index contributed by atoms with van der Waals surface area (Å²) in [5.74, 6) is 0.110. The van der Waals surface area contributed by atoms with Gasteiger partial charge in [-0.25, -0.2) is 4.98 Å². The summed E-state index contributed by atoms with van der Waals surface area (Å²) in [5.41, 5.74) is 1.07. The third kappa shape index (κ3) is 6.54. The Balaban J connectivity index is 1.89. The van der Waals surface area contributed by atoms with Crippen LogP contribution in [0.4, 0.5) is 10.8 Å². The molecule has 0 aliphatic rings. The van der Waals surface area contributed by atoms with Crippen LogP contribution in [-0.2, 0) is 4.79 Å². The van der Waals surface area contributed by atoms with Crippen molar-refractivity contribution >= 4 is 34.0 Å². The van der Waals surface area contributed by atoms with Crippen LogP contribution in [0.5, 0.6) is 5.75 Å². The number of rotatable bonds is 9. The number of hydrogen-bond acceptors (Lipinski definition) is 7. The van der Waals surface area contributed by atoms with Gasteiger partial charge in [0.05, 0.1) is 7.11 Å². The summed E-state index contributed by atoms with van der Waals surface area (Å²) >= 11 is 1.31. The molecule has 0 aliphatic carbocycles. The largest absolute Gasteiger partial charge is 0.497 e. The third-order valence-electron chi connectivity index (χ3n) is 3.66. The molecule has 0 radical (unpaired) electrons. The van der Waals surface area contributed by atoms with Crippen molar-refractivity contribution in [3.63, 3.8) is 0 Å². The Morgan fingerprint density at radius 1 is 1.33 bits per heavy atom. The number of benzene rings is 1. The van der Waals surface area contributed by atoms with Crippen molar-refractivity contribution in [3.8, 4) is 5.75 Å². The summed E-state index contributed by atoms with van der Waals surface area (Å²) in [6, 6.07) is 6.78. The van der Waals surface area contributed by atoms with Gasteiger partial charge in [0, 0.05) is 30.2 Å². The normalized spacial score (nSPS) is 11.7. The molecule has 1 heterocycles. The van der Waals surface area contributed by atoms with E-state index >= 15 is 0 Å². The Morgan fingerprint density at radius 2 is 2.11 bits per heavy atom. The second-order valence-electron chi connectivity index (χ2n) is 6.18. The lowest BCUT2D eigenvalue weighted by molar-refractivity contribution is -0.122. The number of hydrogen-bond donors (Lipinski definition) is 3. The van der Waals surface area contributed by atoms with E-state index in [-0.39, 0.29) is 17.5 Å². The van der Waals surface area contributed by atoms with Crippen LogP contribution in [0, 0.1) is 0 Å². The quantitative estimate of drug-likeness (QED) is 0.602. The lowest BCUT2D eigenvalue weighted by Gasteiger charge is -2.15. The van der Waals surface area contributed by atoms with Crippen molar-refractivity contribution < 1.29 is 14.3 Å². The van der Waals surface area contributed by atoms with Crippen LogP contribution in [0.3, 0.4) is 0 Å². The number of amides is 2. The first-order valence-electron chi connectivity index (χ1n) is 8.49. The van der Waals surface area contributed by atoms with Gasteiger partial charge in [-0.1, -0.05) is 6.07 Å². The van der Waals surface area contributed by atoms with E-state index in [0.29, 0.717) is 11.7 Å². The molecule has 0 unspecified atom stereocenters. The number of carbonyl (C=O) groups is 2. The molecule has 0 saturated carbocycles. The first-order chi connectivity index (χ1) is 12.9. The van der Waals surface area contributed by atoms with Crippen LogP contribution in [0.25, 0.3) is 0 Å². The lowest BCUT2D eigenvalue weighted by Crippen LogP contribution is -2.46. The number of anilines is 2. The van der Waals surface area contributed by atoms with Crippen molar-refractivity contribution in [1.29, 1.82) is 0 Å². The Hall–Kier alpha value is -2.65. The molecule has 0 fully saturated rings. The zero-order chi connectivity index (χ0) is 19.8. The summed E-state index contributed by atoms with van der Waals surface area (Å²) < 4.78 is 5.18. The zero-order valence-corrected chi connectivity index (χ0v) is 16.7. The highest BCUT2D eigenvalue weighted by molar-refractivity contribution is 7.14. The van der Waals surface area contributed by atoms with E-state index in [1.165, 1.54) is 11.3 Å². The number of aromatic nitrogens is 1. The van der Waals surface area contributed by atoms with Gasteiger partial charge >= 0.3 is 0 Å². The van der Waals surface area contributed by atoms with Crippen LogP contribution in [0.2, 0.25) is 0 Å². The Morgan fingerprint density at radius 3 is 2.81 bits per heavy atom. The first-order valence-corrected chi connectivity index (χ1v) is 9.37. The third-order valence-corrected chi connectivity index (χ3v) is 4.41. The fourth-order valence-electron chi connectivity index (χ4n) is 2.15. The molecule has 2 aromatic rings. The first kappa shape index (κ1) is 20.7. The second kappa shape index (κ2) is 9.89. The predicted octanol–water partition coefficient (Wildman–Crippen LogP) is 1.69. The molecular weight excluding hydrogens is 366 g/mol. The van der Waals surface area contributed by atoms with Crippen molar-refractivity contribution in [2.45, 2.75) is 13.0 Å². The summed E-state index contributed by atoms with van der Waals surface area (Å²) in [6.07, 6.45) is 0. The van der Waals surface area contributed by atoms with Crippen molar-refractivity contribution in [3.05, 3.63) is 35.3 Å². The van der Waals surface area contributed by atoms with Gasteiger partial charge in [0.15, 0.2) is 5.13 Å². The number of nitrogens with zero attached hydrogens (tertiary/aromatic N) is 2. The van der Waals surface area contributed by atoms with E-state index in [4.69, 9.17) is 4.74 Å². The van der Waals surface area contributed by atoms with E-state index < -0.39 is 6.04 Å². The Labute approximate surface area is 162 Å². The van der Waals surface area contributed by atoms with Gasteiger partial charge in [-0.3, -0.25) is 9.59 Å². The highest BCUT2D eigenvalue weighted by atomic mass is 32.1. The molecule has 8 nitrogen and oxygen atoms in total. The van der Waals surface area contributed by atoms with Crippen LogP contribution in [0.1, 0.15) is 17.4 Å². The molecule has 0 saturated heterocycles. The highest BCUT2D eigenvalue weighted by Crippen LogP contribution is 2.23. The number of nitrogens with one attached hydrogen (secondary N) is 3. The van der Waals surface area contributed by atoms with Gasteiger partial charge in [-0.05, 0) is 33.2 Å². The molecule has 2 amide bonds. The maximum atomic E-state index is 12.3. The number of thiazole rings is 1. The topological polar surface area (TPSA) is 95.6 Å². The molecule has 1 aromatic heterocycles. The monoisotopic (exact) mass is 391 g/mol. The fourth-order valence-corrected chi connectivity index (χ4v) is 2.86. The molecule has 0 bridgehead atoms. The van der Waals surface area contributed by atoms with E-state index in [0.717, 1.165) is 18.0 Å². The maximum absolute atomic E-state index is 12.3. The van der Waals surface area contributed by atoms with Crippen LogP contribution in [0.15, 0.2) is 29.6 Å². The molecule has 2 rings (SSSR count). The molecule has 9 heteroatoms. The van der Waals surface area contributed by atoms with E-state index in [1.807, 2.05) is 43.3 Å². The fraction of sp³-hybridized carbons (Fsp3) is 0.389. The van der Waals surface area contributed by atoms with Gasteiger partial charge in [-0.2, -0.15) is 0 Å². The molecule has 0 spiro atoms. The second-order valence-corrected chi connectivity index (χ2v) is 7.04. The van der Waals surface area contributed by atoms with Gasteiger partial charge in [-0.15, -0.1) is 11.3 Å². The Kier molecular flexibility index (Phi) is 7.56. The van der Waals surface area contributed by atoms with E-state index in [2.05, 4.69) is 20.9 Å². The standard InChI is InChI=1S/C18H25N5O3S/c1-12(16(24)19-8-9-23(2)3)20-17(25)15-11-27-18(22-15)21-13-6-5-7-14(10-13)26-4/h5-7,10-12H,8-9H2,1-4H3,(H,19,24)(H,20,25)(H,21,22)/t12-/m1/s1. The SMILES string of the molecule is COc1cccc(Nc2nc(C(=O)N[C@H](C)C(=O)NCCN(C)C)cs2)c1. The van der Waals surface area contributed by atoms with Gasteiger partial charge in [0.25, 0.3) is 5.91 Å². The molecule has 3 N–H and O–H groups in total. The summed E-state index contributed by atoms with van der Waals surface area (Å²) in [6.45, 7) is 2.90. The number of carbonyl (C=O) groups excluding carboxylic acids is 2. The Bertz CT molecular complexity index is 778. The van der Waals surface area contributed by atoms with Crippen molar-refractivity contribution in [2.24, 2.45) is 0 Å². The van der Waals surface area contributed by atoms with Gasteiger partial charge in [0.2, 0.25) is 5.91 Å². The van der Waals surface area contributed by atoms with Gasteiger partial charge in [0.1, 0.15) is 17.5 Å². The molecule has 146 valence electrons. The number of ether oxygens (including phenoxy) is 1. The van der Waals surface area contributed by atoms with Crippen molar-refractivity contribution in [2.75, 3.05) is 39.6 Å². The smallest absolute Gasteiger partial charge is 0.271 e. The molecule has 27 heavy (non-hydrogen) atoms. The molecule has 1 aromatic carbocycles. The summed E-state index contributed by atoms with van der Waals surface area (Å²) in [4.78, 5) is 30.6. The van der Waals surface area contributed by atoms with Crippen LogP contribution in [-0.4, -0.2) is 62.0 Å². The molecule has 0 aliphatic heterocycles. The highest BCUT2D eigenvalue weighted by Gasteiger charge is 2.18. The average molecular weight is 391 g/mol. The van der Waals surface area contributed by atoms with E-state index in [9.17, 15) is 9.59 Å².